The predicted octanol–water partition coefficient (Wildman–Crippen LogP) is 5.42. The molecule has 0 spiro atoms. The molecule has 0 unspecified atom stereocenters. The predicted molar refractivity (Wildman–Crippen MR) is 164 cm³/mol. The topological polar surface area (TPSA) is 86.8 Å². The molecule has 1 N–H and O–H groups in total. The smallest absolute Gasteiger partial charge is 0.244 e. The number of amides is 2. The molecular formula is C32H38ClN3O4S. The molecule has 3 aromatic rings. The number of anilines is 1. The number of nitrogens with one attached hydrogen (secondary N) is 1. The average Bonchev–Trinajstić information content (AvgIpc) is 3.45. The highest BCUT2D eigenvalue weighted by molar-refractivity contribution is 7.92. The van der Waals surface area contributed by atoms with Gasteiger partial charge in [0, 0.05) is 24.0 Å². The lowest BCUT2D eigenvalue weighted by atomic mass is 10.0. The first-order valence-corrected chi connectivity index (χ1v) is 16.2. The molecule has 0 radical (unpaired) electrons. The van der Waals surface area contributed by atoms with E-state index in [4.69, 9.17) is 11.6 Å². The quantitative estimate of drug-likeness (QED) is 0.321. The van der Waals surface area contributed by atoms with Crippen molar-refractivity contribution in [2.75, 3.05) is 17.1 Å². The van der Waals surface area contributed by atoms with Crippen molar-refractivity contribution in [3.8, 4) is 0 Å². The Morgan fingerprint density at radius 2 is 1.61 bits per heavy atom. The molecule has 1 saturated carbocycles. The van der Waals surface area contributed by atoms with Gasteiger partial charge in [0.1, 0.15) is 12.6 Å². The fraction of sp³-hybridized carbons (Fsp3) is 0.375. The second-order valence-electron chi connectivity index (χ2n) is 10.8. The van der Waals surface area contributed by atoms with Gasteiger partial charge in [0.15, 0.2) is 0 Å². The van der Waals surface area contributed by atoms with Crippen LogP contribution in [0.15, 0.2) is 72.8 Å². The third-order valence-electron chi connectivity index (χ3n) is 7.76. The van der Waals surface area contributed by atoms with E-state index < -0.39 is 28.5 Å². The molecule has 4 rings (SSSR count). The average molecular weight is 596 g/mol. The van der Waals surface area contributed by atoms with Crippen LogP contribution in [0.2, 0.25) is 5.02 Å². The van der Waals surface area contributed by atoms with E-state index in [0.717, 1.165) is 52.9 Å². The maximum atomic E-state index is 14.3. The van der Waals surface area contributed by atoms with Crippen LogP contribution in [-0.4, -0.2) is 50.0 Å². The lowest BCUT2D eigenvalue weighted by Crippen LogP contribution is -2.54. The number of hydrogen-bond donors (Lipinski definition) is 1. The first kappa shape index (κ1) is 30.6. The van der Waals surface area contributed by atoms with Gasteiger partial charge in [-0.15, -0.1) is 0 Å². The Balaban J connectivity index is 1.75. The third kappa shape index (κ3) is 7.89. The highest BCUT2D eigenvalue weighted by Crippen LogP contribution is 2.29. The fourth-order valence-corrected chi connectivity index (χ4v) is 6.42. The minimum atomic E-state index is -3.86. The summed E-state index contributed by atoms with van der Waals surface area (Å²) < 4.78 is 27.1. The molecule has 9 heteroatoms. The molecule has 0 bridgehead atoms. The molecular weight excluding hydrogens is 558 g/mol. The molecule has 3 aromatic carbocycles. The molecule has 0 aliphatic heterocycles. The zero-order chi connectivity index (χ0) is 29.6. The van der Waals surface area contributed by atoms with Crippen molar-refractivity contribution >= 4 is 39.1 Å². The van der Waals surface area contributed by atoms with Gasteiger partial charge in [-0.3, -0.25) is 13.9 Å². The summed E-state index contributed by atoms with van der Waals surface area (Å²) in [6.07, 6.45) is 5.30. The van der Waals surface area contributed by atoms with E-state index in [-0.39, 0.29) is 18.5 Å². The van der Waals surface area contributed by atoms with Gasteiger partial charge in [-0.25, -0.2) is 8.42 Å². The van der Waals surface area contributed by atoms with Crippen molar-refractivity contribution in [2.24, 2.45) is 0 Å². The molecule has 0 saturated heterocycles. The lowest BCUT2D eigenvalue weighted by molar-refractivity contribution is -0.140. The Morgan fingerprint density at radius 1 is 0.951 bits per heavy atom. The maximum Gasteiger partial charge on any atom is 0.244 e. The van der Waals surface area contributed by atoms with Gasteiger partial charge in [0.05, 0.1) is 11.9 Å². The first-order chi connectivity index (χ1) is 19.5. The minimum absolute atomic E-state index is 0.0674. The summed E-state index contributed by atoms with van der Waals surface area (Å²) in [6.45, 7) is 3.38. The number of rotatable bonds is 11. The van der Waals surface area contributed by atoms with Crippen molar-refractivity contribution < 1.29 is 18.0 Å². The van der Waals surface area contributed by atoms with Crippen molar-refractivity contribution in [3.05, 3.63) is 100 Å². The van der Waals surface area contributed by atoms with Crippen LogP contribution in [0.3, 0.4) is 0 Å². The molecule has 218 valence electrons. The maximum absolute atomic E-state index is 14.3. The van der Waals surface area contributed by atoms with Crippen LogP contribution in [-0.2, 0) is 32.6 Å². The number of aryl methyl sites for hydroxylation is 1. The second kappa shape index (κ2) is 13.5. The Morgan fingerprint density at radius 3 is 2.27 bits per heavy atom. The highest BCUT2D eigenvalue weighted by Gasteiger charge is 2.34. The zero-order valence-electron chi connectivity index (χ0n) is 23.8. The Kier molecular flexibility index (Phi) is 10.1. The Hall–Kier alpha value is -3.36. The molecule has 1 aliphatic rings. The van der Waals surface area contributed by atoms with Gasteiger partial charge in [0.2, 0.25) is 21.8 Å². The minimum Gasteiger partial charge on any atom is -0.352 e. The van der Waals surface area contributed by atoms with Gasteiger partial charge < -0.3 is 10.2 Å². The number of carbonyl (C=O) groups is 2. The van der Waals surface area contributed by atoms with Crippen LogP contribution in [0.4, 0.5) is 5.69 Å². The van der Waals surface area contributed by atoms with Gasteiger partial charge in [-0.2, -0.15) is 0 Å². The van der Waals surface area contributed by atoms with E-state index in [1.54, 1.807) is 25.1 Å². The van der Waals surface area contributed by atoms with E-state index in [9.17, 15) is 18.0 Å². The van der Waals surface area contributed by atoms with E-state index in [2.05, 4.69) is 5.32 Å². The van der Waals surface area contributed by atoms with Crippen LogP contribution >= 0.6 is 11.6 Å². The normalized spacial score (nSPS) is 14.4. The van der Waals surface area contributed by atoms with Crippen LogP contribution < -0.4 is 9.62 Å². The highest BCUT2D eigenvalue weighted by atomic mass is 35.5. The zero-order valence-corrected chi connectivity index (χ0v) is 25.4. The fourth-order valence-electron chi connectivity index (χ4n) is 5.35. The molecule has 2 amide bonds. The van der Waals surface area contributed by atoms with Gasteiger partial charge in [0.25, 0.3) is 0 Å². The standard InChI is InChI=1S/C32H38ClN3O4S/c1-23-12-7-8-15-26(23)21-35(31(37)22-36(41(3,39)40)29-19-11-18-28(33)24(29)2)30(20-25-13-5-4-6-14-25)32(38)34-27-16-9-10-17-27/h4-8,11-15,18-19,27,30H,9-10,16-17,20-22H2,1-3H3,(H,34,38)/t30-/m0/s1. The summed E-state index contributed by atoms with van der Waals surface area (Å²) in [5.41, 5.74) is 3.66. The third-order valence-corrected chi connectivity index (χ3v) is 9.30. The Labute approximate surface area is 248 Å². The number of benzene rings is 3. The second-order valence-corrected chi connectivity index (χ2v) is 13.1. The van der Waals surface area contributed by atoms with Crippen LogP contribution in [0.5, 0.6) is 0 Å². The SMILES string of the molecule is Cc1ccccc1CN(C(=O)CN(c1cccc(Cl)c1C)S(C)(=O)=O)[C@@H](Cc1ccccc1)C(=O)NC1CCCC1. The van der Waals surface area contributed by atoms with Crippen molar-refractivity contribution in [1.82, 2.24) is 10.2 Å². The molecule has 1 aliphatic carbocycles. The summed E-state index contributed by atoms with van der Waals surface area (Å²) in [7, 11) is -3.86. The summed E-state index contributed by atoms with van der Waals surface area (Å²) in [6, 6.07) is 21.5. The number of halogens is 1. The monoisotopic (exact) mass is 595 g/mol. The largest absolute Gasteiger partial charge is 0.352 e. The molecule has 1 atom stereocenters. The van der Waals surface area contributed by atoms with Gasteiger partial charge in [-0.1, -0.05) is 85.1 Å². The molecule has 41 heavy (non-hydrogen) atoms. The summed E-state index contributed by atoms with van der Waals surface area (Å²) in [5.74, 6) is -0.701. The van der Waals surface area contributed by atoms with E-state index in [0.29, 0.717) is 22.7 Å². The summed E-state index contributed by atoms with van der Waals surface area (Å²) >= 11 is 6.33. The van der Waals surface area contributed by atoms with Crippen LogP contribution in [0.25, 0.3) is 0 Å². The molecule has 0 heterocycles. The van der Waals surface area contributed by atoms with Crippen LogP contribution in [0, 0.1) is 13.8 Å². The first-order valence-electron chi connectivity index (χ1n) is 14.0. The summed E-state index contributed by atoms with van der Waals surface area (Å²) in [5, 5.41) is 3.59. The van der Waals surface area contributed by atoms with Crippen molar-refractivity contribution in [2.45, 2.75) is 64.6 Å². The van der Waals surface area contributed by atoms with E-state index in [1.807, 2.05) is 61.5 Å². The van der Waals surface area contributed by atoms with Gasteiger partial charge >= 0.3 is 0 Å². The van der Waals surface area contributed by atoms with Crippen molar-refractivity contribution in [1.29, 1.82) is 0 Å². The van der Waals surface area contributed by atoms with Crippen LogP contribution in [0.1, 0.15) is 47.9 Å². The number of nitrogens with zero attached hydrogens (tertiary/aromatic N) is 2. The van der Waals surface area contributed by atoms with E-state index in [1.165, 1.54) is 4.90 Å². The van der Waals surface area contributed by atoms with E-state index >= 15 is 0 Å². The molecule has 0 aromatic heterocycles. The number of carbonyl (C=O) groups excluding carboxylic acids is 2. The number of sulfonamides is 1. The van der Waals surface area contributed by atoms with Crippen molar-refractivity contribution in [3.63, 3.8) is 0 Å². The summed E-state index contributed by atoms with van der Waals surface area (Å²) in [4.78, 5) is 29.7. The lowest BCUT2D eigenvalue weighted by Gasteiger charge is -2.34. The van der Waals surface area contributed by atoms with Gasteiger partial charge in [-0.05, 0) is 61.1 Å². The Bertz CT molecular complexity index is 1470. The molecule has 7 nitrogen and oxygen atoms in total. The molecule has 1 fully saturated rings. The number of hydrogen-bond acceptors (Lipinski definition) is 4.